The van der Waals surface area contributed by atoms with Crippen LogP contribution in [0.5, 0.6) is 28.7 Å². The number of carbonyl (C=O) groups is 2. The Morgan fingerprint density at radius 2 is 1.45 bits per heavy atom. The molecule has 3 aromatic carbocycles. The van der Waals surface area contributed by atoms with Crippen molar-refractivity contribution in [3.63, 3.8) is 0 Å². The molecule has 0 aromatic heterocycles. The predicted octanol–water partition coefficient (Wildman–Crippen LogP) is 4.40. The van der Waals surface area contributed by atoms with E-state index in [0.717, 1.165) is 30.0 Å². The Labute approximate surface area is 276 Å². The van der Waals surface area contributed by atoms with Gasteiger partial charge < -0.3 is 33.9 Å². The molecule has 1 aliphatic rings. The minimum absolute atomic E-state index is 0.0226. The molecule has 0 bridgehead atoms. The van der Waals surface area contributed by atoms with Gasteiger partial charge in [-0.25, -0.2) is 8.42 Å². The first kappa shape index (κ1) is 35.2. The number of anilines is 1. The average Bonchev–Trinajstić information content (AvgIpc) is 3.61. The zero-order valence-electron chi connectivity index (χ0n) is 27.6. The molecule has 47 heavy (non-hydrogen) atoms. The first-order valence-corrected chi connectivity index (χ1v) is 16.7. The van der Waals surface area contributed by atoms with Gasteiger partial charge in [-0.15, -0.1) is 0 Å². The minimum atomic E-state index is -4.45. The van der Waals surface area contributed by atoms with Crippen LogP contribution in [-0.2, 0) is 26.2 Å². The van der Waals surface area contributed by atoms with Gasteiger partial charge in [-0.05, 0) is 61.7 Å². The number of hydrogen-bond donors (Lipinski definition) is 1. The van der Waals surface area contributed by atoms with Crippen molar-refractivity contribution in [2.75, 3.05) is 46.4 Å². The monoisotopic (exact) mass is 669 g/mol. The molecule has 4 rings (SSSR count). The number of nitrogens with zero attached hydrogens (tertiary/aromatic N) is 2. The van der Waals surface area contributed by atoms with E-state index in [2.05, 4.69) is 5.32 Å². The zero-order valence-corrected chi connectivity index (χ0v) is 28.5. The summed E-state index contributed by atoms with van der Waals surface area (Å²) in [6, 6.07) is 15.1. The van der Waals surface area contributed by atoms with Gasteiger partial charge in [0.2, 0.25) is 11.8 Å². The molecule has 0 unspecified atom stereocenters. The molecule has 3 aromatic rings. The highest BCUT2D eigenvalue weighted by Crippen LogP contribution is 2.38. The number of ether oxygens (including phenoxy) is 5. The van der Waals surface area contributed by atoms with Crippen LogP contribution in [0.25, 0.3) is 0 Å². The van der Waals surface area contributed by atoms with Crippen molar-refractivity contribution in [3.8, 4) is 28.7 Å². The number of sulfonamides is 1. The fourth-order valence-corrected chi connectivity index (χ4v) is 6.98. The lowest BCUT2D eigenvalue weighted by Crippen LogP contribution is -2.52. The maximum absolute atomic E-state index is 14.5. The standard InChI is InChI=1S/C34H43N3O9S/c1-23(34(39)35-25-11-7-8-12-25)36(21-24-10-9-13-26(18-24)42-2)33(38)22-37(29-19-27(43-3)14-16-30(29)44-4)47(40,41)28-15-17-31(45-5)32(20-28)46-6/h9-10,13-20,23,25H,7-8,11-12,21-22H2,1-6H3,(H,35,39)/t23-/m0/s1. The van der Waals surface area contributed by atoms with Gasteiger partial charge in [-0.1, -0.05) is 25.0 Å². The minimum Gasteiger partial charge on any atom is -0.497 e. The van der Waals surface area contributed by atoms with Crippen molar-refractivity contribution >= 4 is 27.5 Å². The van der Waals surface area contributed by atoms with Crippen molar-refractivity contribution in [1.82, 2.24) is 10.2 Å². The Morgan fingerprint density at radius 1 is 0.809 bits per heavy atom. The number of amides is 2. The lowest BCUT2D eigenvalue weighted by atomic mass is 10.1. The summed E-state index contributed by atoms with van der Waals surface area (Å²) in [6.07, 6.45) is 3.79. The van der Waals surface area contributed by atoms with E-state index in [4.69, 9.17) is 23.7 Å². The summed E-state index contributed by atoms with van der Waals surface area (Å²) in [5.74, 6) is 0.704. The third-order valence-corrected chi connectivity index (χ3v) is 9.99. The average molecular weight is 670 g/mol. The molecule has 1 fully saturated rings. The van der Waals surface area contributed by atoms with Gasteiger partial charge in [-0.2, -0.15) is 0 Å². The SMILES string of the molecule is COc1cccc(CN(C(=O)CN(c2cc(OC)ccc2OC)S(=O)(=O)c2ccc(OC)c(OC)c2)[C@@H](C)C(=O)NC2CCCC2)c1. The van der Waals surface area contributed by atoms with E-state index in [9.17, 15) is 18.0 Å². The first-order valence-electron chi connectivity index (χ1n) is 15.3. The van der Waals surface area contributed by atoms with E-state index < -0.39 is 28.5 Å². The third kappa shape index (κ3) is 8.20. The van der Waals surface area contributed by atoms with Crippen LogP contribution in [-0.4, -0.2) is 79.3 Å². The largest absolute Gasteiger partial charge is 0.497 e. The summed E-state index contributed by atoms with van der Waals surface area (Å²) in [5.41, 5.74) is 0.769. The highest BCUT2D eigenvalue weighted by atomic mass is 32.2. The van der Waals surface area contributed by atoms with E-state index in [0.29, 0.717) is 22.8 Å². The normalized spacial score (nSPS) is 13.7. The lowest BCUT2D eigenvalue weighted by Gasteiger charge is -2.33. The molecule has 1 aliphatic carbocycles. The van der Waals surface area contributed by atoms with E-state index >= 15 is 0 Å². The summed E-state index contributed by atoms with van der Waals surface area (Å²) in [7, 11) is 2.78. The molecule has 0 spiro atoms. The zero-order chi connectivity index (χ0) is 34.1. The lowest BCUT2D eigenvalue weighted by molar-refractivity contribution is -0.139. The predicted molar refractivity (Wildman–Crippen MR) is 177 cm³/mol. The summed E-state index contributed by atoms with van der Waals surface area (Å²) >= 11 is 0. The number of nitrogens with one attached hydrogen (secondary N) is 1. The highest BCUT2D eigenvalue weighted by Gasteiger charge is 2.35. The Morgan fingerprint density at radius 3 is 2.09 bits per heavy atom. The summed E-state index contributed by atoms with van der Waals surface area (Å²) in [6.45, 7) is 1.00. The molecule has 1 N–H and O–H groups in total. The van der Waals surface area contributed by atoms with Crippen molar-refractivity contribution in [2.45, 2.75) is 56.1 Å². The number of carbonyl (C=O) groups excluding carboxylic acids is 2. The van der Waals surface area contributed by atoms with Crippen LogP contribution in [0.1, 0.15) is 38.2 Å². The van der Waals surface area contributed by atoms with Crippen molar-refractivity contribution in [3.05, 3.63) is 66.2 Å². The Kier molecular flexibility index (Phi) is 11.8. The number of methoxy groups -OCH3 is 5. The Hall–Kier alpha value is -4.65. The van der Waals surface area contributed by atoms with Gasteiger partial charge in [0.25, 0.3) is 10.0 Å². The molecule has 0 radical (unpaired) electrons. The highest BCUT2D eigenvalue weighted by molar-refractivity contribution is 7.92. The molecule has 0 aliphatic heterocycles. The second kappa shape index (κ2) is 15.8. The molecule has 0 heterocycles. The molecule has 12 nitrogen and oxygen atoms in total. The smallest absolute Gasteiger partial charge is 0.265 e. The van der Waals surface area contributed by atoms with Crippen LogP contribution in [0.15, 0.2) is 65.6 Å². The van der Waals surface area contributed by atoms with Gasteiger partial charge in [0.15, 0.2) is 11.5 Å². The molecule has 1 atom stereocenters. The Balaban J connectivity index is 1.80. The first-order chi connectivity index (χ1) is 22.6. The number of hydrogen-bond acceptors (Lipinski definition) is 9. The van der Waals surface area contributed by atoms with Crippen LogP contribution in [0.2, 0.25) is 0 Å². The summed E-state index contributed by atoms with van der Waals surface area (Å²) < 4.78 is 56.9. The van der Waals surface area contributed by atoms with Crippen LogP contribution in [0, 0.1) is 0 Å². The molecule has 1 saturated carbocycles. The van der Waals surface area contributed by atoms with Crippen LogP contribution >= 0.6 is 0 Å². The number of benzene rings is 3. The third-order valence-electron chi connectivity index (χ3n) is 8.23. The topological polar surface area (TPSA) is 133 Å². The summed E-state index contributed by atoms with van der Waals surface area (Å²) in [5, 5.41) is 3.07. The molecular weight excluding hydrogens is 626 g/mol. The molecule has 13 heteroatoms. The van der Waals surface area contributed by atoms with Gasteiger partial charge in [-0.3, -0.25) is 13.9 Å². The second-order valence-corrected chi connectivity index (χ2v) is 13.0. The van der Waals surface area contributed by atoms with Crippen molar-refractivity contribution in [2.24, 2.45) is 0 Å². The number of rotatable bonds is 15. The fraction of sp³-hybridized carbons (Fsp3) is 0.412. The van der Waals surface area contributed by atoms with Crippen LogP contribution < -0.4 is 33.3 Å². The van der Waals surface area contributed by atoms with Gasteiger partial charge in [0.1, 0.15) is 29.8 Å². The van der Waals surface area contributed by atoms with Gasteiger partial charge in [0, 0.05) is 24.7 Å². The van der Waals surface area contributed by atoms with Gasteiger partial charge >= 0.3 is 0 Å². The van der Waals surface area contributed by atoms with Crippen LogP contribution in [0.3, 0.4) is 0 Å². The van der Waals surface area contributed by atoms with Crippen LogP contribution in [0.4, 0.5) is 5.69 Å². The molecular formula is C34H43N3O9S. The quantitative estimate of drug-likeness (QED) is 0.250. The van der Waals surface area contributed by atoms with E-state index in [1.807, 2.05) is 6.07 Å². The van der Waals surface area contributed by atoms with E-state index in [1.165, 1.54) is 64.7 Å². The van der Waals surface area contributed by atoms with Crippen molar-refractivity contribution in [1.29, 1.82) is 0 Å². The summed E-state index contributed by atoms with van der Waals surface area (Å²) in [4.78, 5) is 29.2. The maximum atomic E-state index is 14.5. The van der Waals surface area contributed by atoms with Crippen molar-refractivity contribution < 1.29 is 41.7 Å². The maximum Gasteiger partial charge on any atom is 0.265 e. The molecule has 0 saturated heterocycles. The Bertz CT molecular complexity index is 1660. The fourth-order valence-electron chi connectivity index (χ4n) is 5.55. The second-order valence-electron chi connectivity index (χ2n) is 11.1. The van der Waals surface area contributed by atoms with E-state index in [1.54, 1.807) is 37.3 Å². The molecule has 2 amide bonds. The van der Waals surface area contributed by atoms with E-state index in [-0.39, 0.29) is 40.6 Å². The molecule has 254 valence electrons. The van der Waals surface area contributed by atoms with Gasteiger partial charge in [0.05, 0.1) is 46.1 Å².